The summed E-state index contributed by atoms with van der Waals surface area (Å²) < 4.78 is 34.1. The first-order valence-electron chi connectivity index (χ1n) is 0.670. The summed E-state index contributed by atoms with van der Waals surface area (Å²) in [6.07, 6.45) is 0. The molecule has 0 rings (SSSR count). The summed E-state index contributed by atoms with van der Waals surface area (Å²) in [6, 6.07) is 0. The van der Waals surface area contributed by atoms with Gasteiger partial charge in [0, 0.05) is 0 Å². The molecule has 0 unspecified atom stereocenters. The Balaban J connectivity index is 0. The topological polar surface area (TPSA) is 54.4 Å². The minimum absolute atomic E-state index is 0. The second-order valence-electron chi connectivity index (χ2n) is 0.412. The molecule has 0 aromatic rings. The van der Waals surface area contributed by atoms with E-state index in [1.807, 2.05) is 0 Å². The quantitative estimate of drug-likeness (QED) is 0.330. The fourth-order valence-corrected chi connectivity index (χ4v) is 0. The monoisotopic (exact) mass is 240 g/mol. The van der Waals surface area contributed by atoms with Gasteiger partial charge in [0.2, 0.25) is 0 Å². The summed E-state index contributed by atoms with van der Waals surface area (Å²) in [7, 11) is -5.17. The Morgan fingerprint density at radius 1 is 1.50 bits per heavy atom. The van der Waals surface area contributed by atoms with Crippen LogP contribution in [0, 0.1) is 0 Å². The van der Waals surface area contributed by atoms with Crippen molar-refractivity contribution in [2.24, 2.45) is 0 Å². The Labute approximate surface area is 75.0 Å². The molecule has 0 aromatic carbocycles. The third kappa shape index (κ3) is 52.9. The number of rotatable bonds is 0. The normalized spacial score (nSPS) is 9.67. The number of hydrogen-bond acceptors (Lipinski definition) is 2. The molecule has 36 valence electrons. The van der Waals surface area contributed by atoms with Crippen molar-refractivity contribution in [2.75, 3.05) is 0 Å². The second kappa shape index (κ2) is 3.42. The van der Waals surface area contributed by atoms with Gasteiger partial charge in [0.05, 0.1) is 0 Å². The molecule has 6 heteroatoms. The molecule has 0 radical (unpaired) electrons. The molecule has 0 aliphatic rings. The van der Waals surface area contributed by atoms with Crippen LogP contribution in [0.3, 0.4) is 0 Å². The van der Waals surface area contributed by atoms with E-state index in [-0.39, 0.29) is 48.9 Å². The van der Waals surface area contributed by atoms with Crippen molar-refractivity contribution in [3.63, 3.8) is 0 Å². The summed E-state index contributed by atoms with van der Waals surface area (Å²) in [6.45, 7) is 0. The first-order valence-corrected chi connectivity index (χ1v) is 2.01. The second-order valence-corrected chi connectivity index (χ2v) is 1.24. The van der Waals surface area contributed by atoms with Crippen LogP contribution in [-0.4, -0.2) is 61.9 Å². The van der Waals surface area contributed by atoms with Crippen LogP contribution in [0.2, 0.25) is 0 Å². The molecule has 1 N–H and O–H groups in total. The molecular weight excluding hydrogens is 236 g/mol. The Morgan fingerprint density at radius 2 is 1.50 bits per heavy atom. The van der Waals surface area contributed by atoms with Gasteiger partial charge in [-0.05, 0) is 0 Å². The molecule has 0 spiro atoms. The Bertz CT molecular complexity index is 94.0. The van der Waals surface area contributed by atoms with E-state index in [0.29, 0.717) is 0 Å². The van der Waals surface area contributed by atoms with Crippen LogP contribution in [0.5, 0.6) is 0 Å². The molecule has 0 fully saturated rings. The molecule has 0 saturated heterocycles. The van der Waals surface area contributed by atoms with Crippen molar-refractivity contribution in [1.29, 1.82) is 0 Å². The SMILES string of the molecule is O=S(=O)(O)F.[BaH2]. The standard InChI is InChI=1S/Ba.FHO3S.2H/c;1-5(2,3)4;;/h;(H,2,3,4);;. The van der Waals surface area contributed by atoms with Crippen LogP contribution in [0.4, 0.5) is 3.89 Å². The molecule has 0 atom stereocenters. The summed E-state index contributed by atoms with van der Waals surface area (Å²) in [5.41, 5.74) is 0. The van der Waals surface area contributed by atoms with Gasteiger partial charge in [-0.15, -0.1) is 0 Å². The van der Waals surface area contributed by atoms with E-state index in [9.17, 15) is 3.89 Å². The van der Waals surface area contributed by atoms with Crippen molar-refractivity contribution in [3.05, 3.63) is 0 Å². The van der Waals surface area contributed by atoms with Crippen LogP contribution < -0.4 is 0 Å². The molecule has 6 heavy (non-hydrogen) atoms. The van der Waals surface area contributed by atoms with Crippen LogP contribution in [0.1, 0.15) is 0 Å². The maximum atomic E-state index is 10.2. The summed E-state index contributed by atoms with van der Waals surface area (Å²) in [4.78, 5) is 0. The molecule has 0 bridgehead atoms. The van der Waals surface area contributed by atoms with Crippen LogP contribution >= 0.6 is 0 Å². The minimum atomic E-state index is -5.17. The summed E-state index contributed by atoms with van der Waals surface area (Å²) >= 11 is 0. The van der Waals surface area contributed by atoms with E-state index in [0.717, 1.165) is 0 Å². The zero-order valence-electron chi connectivity index (χ0n) is 2.05. The Morgan fingerprint density at radius 3 is 1.50 bits per heavy atom. The van der Waals surface area contributed by atoms with Gasteiger partial charge in [-0.3, -0.25) is 4.55 Å². The average Bonchev–Trinajstić information content (AvgIpc) is 0.722. The third-order valence-electron chi connectivity index (χ3n) is 0. The molecule has 0 saturated carbocycles. The van der Waals surface area contributed by atoms with Gasteiger partial charge < -0.3 is 0 Å². The van der Waals surface area contributed by atoms with E-state index in [1.54, 1.807) is 0 Å². The van der Waals surface area contributed by atoms with Gasteiger partial charge in [0.25, 0.3) is 0 Å². The molecular formula is H3BaFO3S. The van der Waals surface area contributed by atoms with E-state index in [2.05, 4.69) is 0 Å². The zero-order chi connectivity index (χ0) is 4.50. The van der Waals surface area contributed by atoms with Gasteiger partial charge >= 0.3 is 59.4 Å². The van der Waals surface area contributed by atoms with E-state index < -0.39 is 10.5 Å². The Hall–Kier alpha value is 1.41. The predicted octanol–water partition coefficient (Wildman–Crippen LogP) is -1.16. The van der Waals surface area contributed by atoms with Crippen LogP contribution in [-0.2, 0) is 10.5 Å². The summed E-state index contributed by atoms with van der Waals surface area (Å²) in [5.74, 6) is 0. The molecule has 0 aliphatic heterocycles. The van der Waals surface area contributed by atoms with E-state index in [4.69, 9.17) is 13.0 Å². The van der Waals surface area contributed by atoms with Crippen LogP contribution in [0.15, 0.2) is 0 Å². The number of halogens is 1. The molecule has 0 heterocycles. The van der Waals surface area contributed by atoms with Crippen molar-refractivity contribution >= 4 is 59.4 Å². The van der Waals surface area contributed by atoms with Crippen molar-refractivity contribution < 1.29 is 16.9 Å². The number of hydrogen-bond donors (Lipinski definition) is 1. The summed E-state index contributed by atoms with van der Waals surface area (Å²) in [5, 5.41) is 0. The van der Waals surface area contributed by atoms with Crippen molar-refractivity contribution in [3.8, 4) is 0 Å². The molecule has 0 aliphatic carbocycles. The fourth-order valence-electron chi connectivity index (χ4n) is 0. The average molecular weight is 239 g/mol. The first kappa shape index (κ1) is 10.4. The van der Waals surface area contributed by atoms with Gasteiger partial charge in [-0.1, -0.05) is 3.89 Å². The van der Waals surface area contributed by atoms with Crippen molar-refractivity contribution in [2.45, 2.75) is 0 Å². The predicted molar refractivity (Wildman–Crippen MR) is 21.2 cm³/mol. The molecule has 0 aromatic heterocycles. The van der Waals surface area contributed by atoms with Gasteiger partial charge in [-0.25, -0.2) is 0 Å². The molecule has 3 nitrogen and oxygen atoms in total. The Kier molecular flexibility index (Phi) is 5.93. The first-order chi connectivity index (χ1) is 2.00. The zero-order valence-corrected chi connectivity index (χ0v) is 2.87. The van der Waals surface area contributed by atoms with Gasteiger partial charge in [0.1, 0.15) is 0 Å². The van der Waals surface area contributed by atoms with Crippen molar-refractivity contribution in [1.82, 2.24) is 0 Å². The fraction of sp³-hybridized carbons (Fsp3) is 0. The van der Waals surface area contributed by atoms with E-state index >= 15 is 0 Å². The van der Waals surface area contributed by atoms with E-state index in [1.165, 1.54) is 0 Å². The van der Waals surface area contributed by atoms with Gasteiger partial charge in [0.15, 0.2) is 0 Å². The van der Waals surface area contributed by atoms with Gasteiger partial charge in [-0.2, -0.15) is 8.42 Å². The maximum absolute atomic E-state index is 10.2. The third-order valence-corrected chi connectivity index (χ3v) is 0. The van der Waals surface area contributed by atoms with Crippen LogP contribution in [0.25, 0.3) is 0 Å². The molecule has 0 amide bonds.